The summed E-state index contributed by atoms with van der Waals surface area (Å²) in [6.45, 7) is 20.7. The van der Waals surface area contributed by atoms with E-state index < -0.39 is 14.1 Å². The molecule has 8 nitrogen and oxygen atoms in total. The van der Waals surface area contributed by atoms with Crippen LogP contribution in [0.2, 0.25) is 0 Å². The maximum absolute atomic E-state index is 7.82. The molecule has 3 fully saturated rings. The first-order valence-corrected chi connectivity index (χ1v) is 12.9. The van der Waals surface area contributed by atoms with Gasteiger partial charge in [0, 0.05) is 80.9 Å². The zero-order chi connectivity index (χ0) is 23.1. The second kappa shape index (κ2) is 16.1. The summed E-state index contributed by atoms with van der Waals surface area (Å²) in [5, 5.41) is 0.0810. The van der Waals surface area contributed by atoms with E-state index in [-0.39, 0.29) is 105 Å². The number of fused-ring (bicyclic) bond motifs is 2. The fraction of sp³-hybridized carbons (Fsp3) is 0.857. The van der Waals surface area contributed by atoms with E-state index in [1.165, 1.54) is 0 Å². The topological polar surface area (TPSA) is 63.0 Å². The molecule has 12 heteroatoms. The summed E-state index contributed by atoms with van der Waals surface area (Å²) in [4.78, 5) is 3.39. The standard InChI is InChI=1S/C21H35N2O6PS.2U/c1-15(2)23(16(3)4)30(28-10-8-22-6)29-17-7-9-25-18(17)11-24-14-31-20-19-12-27-21(20,5)13-26-19;;/h9,12,15-20H,7-8,10-11,13-14H2,1-5H3;;/q-2;;/t17-,18+,19-,20-,21-,30?;;/m0../s1/i5D;;. The van der Waals surface area contributed by atoms with Gasteiger partial charge >= 0.3 is 0 Å². The smallest absolute Gasteiger partial charge is 0.259 e. The van der Waals surface area contributed by atoms with Crippen LogP contribution in [0.4, 0.5) is 0 Å². The predicted molar refractivity (Wildman–Crippen MR) is 121 cm³/mol. The van der Waals surface area contributed by atoms with Gasteiger partial charge in [0.2, 0.25) is 6.54 Å². The molecule has 3 rings (SSSR count). The number of nitrogens with zero attached hydrogens (tertiary/aromatic N) is 2. The number of ether oxygens (including phenoxy) is 4. The minimum absolute atomic E-state index is 0. The molecule has 0 aromatic heterocycles. The first kappa shape index (κ1) is 31.3. The molecule has 0 radical (unpaired) electrons. The Bertz CT molecular complexity index is 623. The molecule has 0 spiro atoms. The van der Waals surface area contributed by atoms with Gasteiger partial charge < -0.3 is 32.8 Å². The van der Waals surface area contributed by atoms with E-state index in [0.29, 0.717) is 38.7 Å². The van der Waals surface area contributed by atoms with Crippen LogP contribution < -0.4 is 0 Å². The molecule has 0 N–H and O–H groups in total. The normalized spacial score (nSPS) is 32.0. The Morgan fingerprint density at radius 1 is 1.33 bits per heavy atom. The zero-order valence-corrected chi connectivity index (χ0v) is 29.8. The van der Waals surface area contributed by atoms with Crippen LogP contribution in [0.25, 0.3) is 4.85 Å². The minimum atomic E-state index is -1.32. The summed E-state index contributed by atoms with van der Waals surface area (Å²) in [7, 11) is -1.32. The average Bonchev–Trinajstić information content (AvgIpc) is 3.44. The molecule has 186 valence electrons. The number of thioether (sulfide) groups is 1. The van der Waals surface area contributed by atoms with E-state index in [1.807, 2.05) is 0 Å². The van der Waals surface area contributed by atoms with Crippen LogP contribution in [-0.4, -0.2) is 78.2 Å². The predicted octanol–water partition coefficient (Wildman–Crippen LogP) is 4.03. The fourth-order valence-electron chi connectivity index (χ4n) is 3.83. The second-order valence-electron chi connectivity index (χ2n) is 8.41. The first-order chi connectivity index (χ1) is 15.4. The van der Waals surface area contributed by atoms with Crippen LogP contribution in [0.15, 0.2) is 0 Å². The molecule has 33 heavy (non-hydrogen) atoms. The van der Waals surface area contributed by atoms with Crippen LogP contribution in [0.3, 0.4) is 0 Å². The van der Waals surface area contributed by atoms with Gasteiger partial charge in [-0.25, -0.2) is 17.8 Å². The molecule has 1 unspecified atom stereocenters. The van der Waals surface area contributed by atoms with E-state index in [0.717, 1.165) is 0 Å². The van der Waals surface area contributed by atoms with Crippen molar-refractivity contribution in [2.75, 3.05) is 32.3 Å². The number of rotatable bonds is 13. The van der Waals surface area contributed by atoms with Crippen molar-refractivity contribution in [1.82, 2.24) is 4.67 Å². The molecular weight excluding hydrogens is 915 g/mol. The van der Waals surface area contributed by atoms with Gasteiger partial charge in [-0.05, 0) is 40.7 Å². The van der Waals surface area contributed by atoms with E-state index in [9.17, 15) is 0 Å². The van der Waals surface area contributed by atoms with Gasteiger partial charge in [0.05, 0.1) is 37.0 Å². The van der Waals surface area contributed by atoms with Gasteiger partial charge in [0.1, 0.15) is 6.61 Å². The molecule has 3 heterocycles. The third kappa shape index (κ3) is 9.11. The third-order valence-corrected chi connectivity index (χ3v) is 8.79. The summed E-state index contributed by atoms with van der Waals surface area (Å²) in [6.07, 6.45) is 0.215. The Morgan fingerprint density at radius 3 is 2.70 bits per heavy atom. The van der Waals surface area contributed by atoms with Crippen molar-refractivity contribution in [2.45, 2.75) is 82.3 Å². The Balaban J connectivity index is 0.00000289. The fourth-order valence-corrected chi connectivity index (χ4v) is 6.68. The summed E-state index contributed by atoms with van der Waals surface area (Å²) in [5.41, 5.74) is -0.544. The van der Waals surface area contributed by atoms with E-state index in [4.69, 9.17) is 35.9 Å². The summed E-state index contributed by atoms with van der Waals surface area (Å²) in [5.74, 6) is 0.469. The average molecular weight is 952 g/mol. The van der Waals surface area contributed by atoms with Crippen molar-refractivity contribution >= 4 is 20.3 Å². The summed E-state index contributed by atoms with van der Waals surface area (Å²) in [6, 6.07) is 0.498. The largest absolute Gasteiger partial charge is 0.546 e. The third-order valence-electron chi connectivity index (χ3n) is 5.28. The Hall–Kier alpha value is 2.09. The van der Waals surface area contributed by atoms with E-state index in [2.05, 4.69) is 37.2 Å². The van der Waals surface area contributed by atoms with Crippen molar-refractivity contribution in [3.05, 3.63) is 24.6 Å². The molecule has 0 aromatic rings. The van der Waals surface area contributed by atoms with Gasteiger partial charge in [0.25, 0.3) is 8.53 Å². The van der Waals surface area contributed by atoms with Crippen molar-refractivity contribution in [3.63, 3.8) is 0 Å². The molecule has 6 atom stereocenters. The van der Waals surface area contributed by atoms with Crippen LogP contribution in [0.5, 0.6) is 0 Å². The van der Waals surface area contributed by atoms with Gasteiger partial charge in [-0.1, -0.05) is 0 Å². The molecule has 3 aliphatic rings. The van der Waals surface area contributed by atoms with Crippen molar-refractivity contribution in [1.29, 1.82) is 0 Å². The molecule has 2 bridgehead atoms. The van der Waals surface area contributed by atoms with Crippen LogP contribution in [-0.2, 0) is 28.0 Å². The van der Waals surface area contributed by atoms with Crippen molar-refractivity contribution in [2.24, 2.45) is 0 Å². The molecule has 0 aliphatic carbocycles. The van der Waals surface area contributed by atoms with E-state index >= 15 is 0 Å². The SMILES string of the molecule is [2H]C[C@@]12CO[C@@H]([CH-]O1)[C@@H]2SCOC[C@H]1O[CH-]C[C@@H]1OP(OCC[N+]#[C-])N(C(C)C)C(C)C.[U].[U]. The quantitative estimate of drug-likeness (QED) is 0.119. The molecule has 3 saturated heterocycles. The van der Waals surface area contributed by atoms with Crippen molar-refractivity contribution < 1.29 is 91.6 Å². The maximum atomic E-state index is 7.82. The number of hydrogen-bond acceptors (Lipinski definition) is 8. The molecule has 0 saturated carbocycles. The van der Waals surface area contributed by atoms with Crippen LogP contribution in [0.1, 0.15) is 42.4 Å². The first-order valence-electron chi connectivity index (χ1n) is 11.4. The summed E-state index contributed by atoms with van der Waals surface area (Å²) < 4.78 is 45.6. The van der Waals surface area contributed by atoms with Crippen LogP contribution >= 0.6 is 20.3 Å². The second-order valence-corrected chi connectivity index (χ2v) is 10.9. The molecule has 0 amide bonds. The Labute approximate surface area is 253 Å². The van der Waals surface area contributed by atoms with Crippen molar-refractivity contribution in [3.8, 4) is 0 Å². The minimum Gasteiger partial charge on any atom is -0.546 e. The summed E-state index contributed by atoms with van der Waals surface area (Å²) >= 11 is 1.62. The van der Waals surface area contributed by atoms with Gasteiger partial charge in [-0.3, -0.25) is 0 Å². The maximum Gasteiger partial charge on any atom is 0.259 e. The Kier molecular flexibility index (Phi) is 15.3. The zero-order valence-electron chi connectivity index (χ0n) is 20.8. The van der Waals surface area contributed by atoms with Crippen LogP contribution in [0, 0.1) is 82.0 Å². The molecule has 3 aliphatic heterocycles. The monoisotopic (exact) mass is 951 g/mol. The molecular formula is C21H35N2O6PSU2-2. The van der Waals surface area contributed by atoms with Gasteiger partial charge in [-0.2, -0.15) is 6.61 Å². The Morgan fingerprint density at radius 2 is 2.09 bits per heavy atom. The van der Waals surface area contributed by atoms with Gasteiger partial charge in [-0.15, -0.1) is 18.2 Å². The number of hydrogen-bond donors (Lipinski definition) is 0. The van der Waals surface area contributed by atoms with Gasteiger partial charge in [0.15, 0.2) is 0 Å². The molecule has 0 aromatic carbocycles. The van der Waals surface area contributed by atoms with E-state index in [1.54, 1.807) is 25.0 Å².